The summed E-state index contributed by atoms with van der Waals surface area (Å²) in [5.74, 6) is -1.15. The molecule has 0 bridgehead atoms. The molecule has 0 heterocycles. The number of ether oxygens (including phenoxy) is 1. The molecule has 0 aliphatic rings. The molecule has 1 atom stereocenters. The fourth-order valence-electron chi connectivity index (χ4n) is 1.42. The number of amides is 2. The number of anilines is 1. The summed E-state index contributed by atoms with van der Waals surface area (Å²) in [6.45, 7) is 0.212. The van der Waals surface area contributed by atoms with E-state index < -0.39 is 18.0 Å². The van der Waals surface area contributed by atoms with Gasteiger partial charge in [-0.15, -0.1) is 0 Å². The second kappa shape index (κ2) is 7.94. The first-order valence-corrected chi connectivity index (χ1v) is 6.44. The maximum Gasteiger partial charge on any atom is 0.326 e. The van der Waals surface area contributed by atoms with Crippen molar-refractivity contribution < 1.29 is 19.4 Å². The summed E-state index contributed by atoms with van der Waals surface area (Å²) in [7, 11) is 1.45. The Kier molecular flexibility index (Phi) is 6.57. The molecular weight excluding hydrogens is 307 g/mol. The highest BCUT2D eigenvalue weighted by atomic mass is 35.5. The third-order valence-electron chi connectivity index (χ3n) is 2.42. The molecule has 8 heteroatoms. The van der Waals surface area contributed by atoms with Gasteiger partial charge in [0.15, 0.2) is 0 Å². The van der Waals surface area contributed by atoms with E-state index in [1.807, 2.05) is 0 Å². The van der Waals surface area contributed by atoms with Crippen molar-refractivity contribution in [2.24, 2.45) is 0 Å². The molecule has 0 fully saturated rings. The number of urea groups is 1. The Morgan fingerprint density at radius 3 is 2.45 bits per heavy atom. The minimum absolute atomic E-state index is 0.148. The maximum atomic E-state index is 11.8. The van der Waals surface area contributed by atoms with Crippen LogP contribution in [0.4, 0.5) is 10.5 Å². The molecule has 110 valence electrons. The number of halogens is 2. The van der Waals surface area contributed by atoms with E-state index in [1.165, 1.54) is 7.11 Å². The summed E-state index contributed by atoms with van der Waals surface area (Å²) in [5, 5.41) is 14.2. The number of carbonyl (C=O) groups excluding carboxylic acids is 1. The number of carboxylic acids is 1. The van der Waals surface area contributed by atoms with Crippen LogP contribution >= 0.6 is 23.2 Å². The minimum Gasteiger partial charge on any atom is -0.480 e. The second-order valence-electron chi connectivity index (χ2n) is 3.87. The van der Waals surface area contributed by atoms with E-state index >= 15 is 0 Å². The average Bonchev–Trinajstić information content (AvgIpc) is 2.38. The zero-order valence-corrected chi connectivity index (χ0v) is 12.2. The fourth-order valence-corrected chi connectivity index (χ4v) is 1.91. The van der Waals surface area contributed by atoms with Crippen molar-refractivity contribution in [2.75, 3.05) is 19.0 Å². The van der Waals surface area contributed by atoms with Gasteiger partial charge < -0.3 is 20.5 Å². The molecule has 0 radical (unpaired) electrons. The predicted octanol–water partition coefficient (Wildman–Crippen LogP) is 2.60. The molecule has 0 saturated carbocycles. The summed E-state index contributed by atoms with van der Waals surface area (Å²) in [6.07, 6.45) is 0.148. The Morgan fingerprint density at radius 1 is 1.35 bits per heavy atom. The SMILES string of the molecule is COCCC(NC(=O)Nc1c(Cl)cccc1Cl)C(=O)O. The largest absolute Gasteiger partial charge is 0.480 e. The molecular formula is C12H14Cl2N2O4. The summed E-state index contributed by atoms with van der Waals surface area (Å²) >= 11 is 11.8. The summed E-state index contributed by atoms with van der Waals surface area (Å²) in [4.78, 5) is 22.7. The van der Waals surface area contributed by atoms with Gasteiger partial charge in [-0.05, 0) is 12.1 Å². The lowest BCUT2D eigenvalue weighted by molar-refractivity contribution is -0.139. The van der Waals surface area contributed by atoms with Gasteiger partial charge in [0.1, 0.15) is 6.04 Å². The van der Waals surface area contributed by atoms with Crippen molar-refractivity contribution in [2.45, 2.75) is 12.5 Å². The molecule has 6 nitrogen and oxygen atoms in total. The van der Waals surface area contributed by atoms with Crippen LogP contribution < -0.4 is 10.6 Å². The molecule has 1 aromatic carbocycles. The number of hydrogen-bond donors (Lipinski definition) is 3. The molecule has 0 spiro atoms. The smallest absolute Gasteiger partial charge is 0.326 e. The Balaban J connectivity index is 2.68. The minimum atomic E-state index is -1.15. The Labute approximate surface area is 126 Å². The van der Waals surface area contributed by atoms with Crippen LogP contribution in [0, 0.1) is 0 Å². The number of nitrogens with one attached hydrogen (secondary N) is 2. The van der Waals surface area contributed by atoms with Crippen LogP contribution in [0.5, 0.6) is 0 Å². The lowest BCUT2D eigenvalue weighted by Gasteiger charge is -2.15. The van der Waals surface area contributed by atoms with Gasteiger partial charge in [-0.1, -0.05) is 29.3 Å². The normalized spacial score (nSPS) is 11.8. The van der Waals surface area contributed by atoms with Crippen LogP contribution in [0.25, 0.3) is 0 Å². The van der Waals surface area contributed by atoms with Gasteiger partial charge in [-0.3, -0.25) is 0 Å². The van der Waals surface area contributed by atoms with E-state index in [2.05, 4.69) is 10.6 Å². The quantitative estimate of drug-likeness (QED) is 0.751. The van der Waals surface area contributed by atoms with E-state index in [0.29, 0.717) is 0 Å². The van der Waals surface area contributed by atoms with Crippen molar-refractivity contribution in [3.63, 3.8) is 0 Å². The molecule has 0 saturated heterocycles. The van der Waals surface area contributed by atoms with Crippen LogP contribution in [0.3, 0.4) is 0 Å². The first-order valence-electron chi connectivity index (χ1n) is 5.69. The lowest BCUT2D eigenvalue weighted by Crippen LogP contribution is -2.43. The standard InChI is InChI=1S/C12H14Cl2N2O4/c1-20-6-5-9(11(17)18)15-12(19)16-10-7(13)3-2-4-8(10)14/h2-4,9H,5-6H2,1H3,(H,17,18)(H2,15,16,19). The third-order valence-corrected chi connectivity index (χ3v) is 3.05. The first-order chi connectivity index (χ1) is 9.45. The number of methoxy groups -OCH3 is 1. The fraction of sp³-hybridized carbons (Fsp3) is 0.333. The predicted molar refractivity (Wildman–Crippen MR) is 76.5 cm³/mol. The molecule has 0 aliphatic heterocycles. The highest BCUT2D eigenvalue weighted by Crippen LogP contribution is 2.29. The number of rotatable bonds is 6. The number of carbonyl (C=O) groups is 2. The third kappa shape index (κ3) is 4.88. The van der Waals surface area contributed by atoms with Crippen molar-refractivity contribution in [3.05, 3.63) is 28.2 Å². The monoisotopic (exact) mass is 320 g/mol. The number of hydrogen-bond acceptors (Lipinski definition) is 3. The van der Waals surface area contributed by atoms with E-state index in [1.54, 1.807) is 18.2 Å². The highest BCUT2D eigenvalue weighted by Gasteiger charge is 2.20. The zero-order valence-electron chi connectivity index (χ0n) is 10.7. The van der Waals surface area contributed by atoms with Crippen molar-refractivity contribution in [3.8, 4) is 0 Å². The Bertz CT molecular complexity index is 476. The van der Waals surface area contributed by atoms with E-state index in [9.17, 15) is 9.59 Å². The van der Waals surface area contributed by atoms with Gasteiger partial charge in [0.05, 0.1) is 15.7 Å². The zero-order chi connectivity index (χ0) is 15.1. The highest BCUT2D eigenvalue weighted by molar-refractivity contribution is 6.39. The van der Waals surface area contributed by atoms with Crippen LogP contribution in [0.1, 0.15) is 6.42 Å². The van der Waals surface area contributed by atoms with Gasteiger partial charge in [0.2, 0.25) is 0 Å². The summed E-state index contributed by atoms with van der Waals surface area (Å²) in [5.41, 5.74) is 0.226. The van der Waals surface area contributed by atoms with E-state index in [4.69, 9.17) is 33.0 Å². The van der Waals surface area contributed by atoms with Crippen molar-refractivity contribution >= 4 is 40.9 Å². The molecule has 20 heavy (non-hydrogen) atoms. The second-order valence-corrected chi connectivity index (χ2v) is 4.68. The summed E-state index contributed by atoms with van der Waals surface area (Å²) < 4.78 is 4.78. The summed E-state index contributed by atoms with van der Waals surface area (Å²) in [6, 6.07) is 2.98. The number of aliphatic carboxylic acids is 1. The van der Waals surface area contributed by atoms with Crippen molar-refractivity contribution in [1.82, 2.24) is 5.32 Å². The molecule has 1 unspecified atom stereocenters. The molecule has 0 aromatic heterocycles. The lowest BCUT2D eigenvalue weighted by atomic mass is 10.2. The first kappa shape index (κ1) is 16.6. The molecule has 2 amide bonds. The molecule has 1 rings (SSSR count). The van der Waals surface area contributed by atoms with Crippen LogP contribution in [-0.2, 0) is 9.53 Å². The van der Waals surface area contributed by atoms with Gasteiger partial charge in [0.25, 0.3) is 0 Å². The van der Waals surface area contributed by atoms with Gasteiger partial charge in [0, 0.05) is 20.1 Å². The van der Waals surface area contributed by atoms with Gasteiger partial charge >= 0.3 is 12.0 Å². The Hall–Kier alpha value is -1.50. The average molecular weight is 321 g/mol. The topological polar surface area (TPSA) is 87.7 Å². The maximum absolute atomic E-state index is 11.8. The van der Waals surface area contributed by atoms with E-state index in [0.717, 1.165) is 0 Å². The van der Waals surface area contributed by atoms with Gasteiger partial charge in [-0.25, -0.2) is 9.59 Å². The van der Waals surface area contributed by atoms with Crippen LogP contribution in [0.2, 0.25) is 10.0 Å². The Morgan fingerprint density at radius 2 is 1.95 bits per heavy atom. The van der Waals surface area contributed by atoms with Crippen LogP contribution in [0.15, 0.2) is 18.2 Å². The molecule has 3 N–H and O–H groups in total. The van der Waals surface area contributed by atoms with Crippen molar-refractivity contribution in [1.29, 1.82) is 0 Å². The molecule has 1 aromatic rings. The van der Waals surface area contributed by atoms with E-state index in [-0.39, 0.29) is 28.8 Å². The number of para-hydroxylation sites is 1. The van der Waals surface area contributed by atoms with Gasteiger partial charge in [-0.2, -0.15) is 0 Å². The van der Waals surface area contributed by atoms with Crippen LogP contribution in [-0.4, -0.2) is 36.9 Å². The molecule has 0 aliphatic carbocycles. The number of benzene rings is 1. The number of carboxylic acid groups (broad SMARTS) is 1.